The van der Waals surface area contributed by atoms with Crippen LogP contribution in [-0.4, -0.2) is 33.6 Å². The SMILES string of the molecule is COc1ccc(-n2cc(CNCCc3cn[nH]c3)c(-c3ccccc3Cl)n2)cc1. The molecule has 7 heteroatoms. The minimum absolute atomic E-state index is 0.687. The molecule has 0 bridgehead atoms. The van der Waals surface area contributed by atoms with Crippen molar-refractivity contribution in [2.45, 2.75) is 13.0 Å². The van der Waals surface area contributed by atoms with Crippen molar-refractivity contribution in [3.8, 4) is 22.7 Å². The number of hydrogen-bond acceptors (Lipinski definition) is 4. The summed E-state index contributed by atoms with van der Waals surface area (Å²) in [7, 11) is 1.66. The molecule has 4 rings (SSSR count). The van der Waals surface area contributed by atoms with E-state index in [1.807, 2.05) is 71.8 Å². The van der Waals surface area contributed by atoms with Crippen LogP contribution in [0.1, 0.15) is 11.1 Å². The lowest BCUT2D eigenvalue weighted by Gasteiger charge is -2.06. The lowest BCUT2D eigenvalue weighted by Crippen LogP contribution is -2.16. The molecule has 0 saturated heterocycles. The molecule has 0 amide bonds. The van der Waals surface area contributed by atoms with E-state index in [-0.39, 0.29) is 0 Å². The highest BCUT2D eigenvalue weighted by Crippen LogP contribution is 2.30. The molecule has 0 unspecified atom stereocenters. The van der Waals surface area contributed by atoms with E-state index in [1.165, 1.54) is 5.56 Å². The second kappa shape index (κ2) is 8.94. The van der Waals surface area contributed by atoms with Gasteiger partial charge in [0.2, 0.25) is 0 Å². The first kappa shape index (κ1) is 19.2. The van der Waals surface area contributed by atoms with Gasteiger partial charge in [0.25, 0.3) is 0 Å². The zero-order valence-corrected chi connectivity index (χ0v) is 16.9. The molecule has 0 atom stereocenters. The Morgan fingerprint density at radius 2 is 1.97 bits per heavy atom. The summed E-state index contributed by atoms with van der Waals surface area (Å²) in [5.41, 5.74) is 5.03. The van der Waals surface area contributed by atoms with Crippen LogP contribution < -0.4 is 10.1 Å². The highest BCUT2D eigenvalue weighted by molar-refractivity contribution is 6.33. The van der Waals surface area contributed by atoms with E-state index in [4.69, 9.17) is 21.4 Å². The largest absolute Gasteiger partial charge is 0.497 e. The molecule has 0 fully saturated rings. The van der Waals surface area contributed by atoms with Crippen molar-refractivity contribution in [1.82, 2.24) is 25.3 Å². The molecule has 2 heterocycles. The van der Waals surface area contributed by atoms with Gasteiger partial charge in [-0.2, -0.15) is 10.2 Å². The van der Waals surface area contributed by atoms with Crippen LogP contribution in [0.2, 0.25) is 5.02 Å². The summed E-state index contributed by atoms with van der Waals surface area (Å²) in [5, 5.41) is 15.8. The number of methoxy groups -OCH3 is 1. The summed E-state index contributed by atoms with van der Waals surface area (Å²) in [5.74, 6) is 0.813. The highest BCUT2D eigenvalue weighted by Gasteiger charge is 2.14. The average Bonchev–Trinajstić information content (AvgIpc) is 3.42. The molecule has 0 saturated carbocycles. The van der Waals surface area contributed by atoms with Gasteiger partial charge in [0.1, 0.15) is 5.75 Å². The Kier molecular flexibility index (Phi) is 5.93. The molecule has 6 nitrogen and oxygen atoms in total. The van der Waals surface area contributed by atoms with E-state index in [0.29, 0.717) is 11.6 Å². The molecule has 2 aromatic carbocycles. The van der Waals surface area contributed by atoms with Gasteiger partial charge in [-0.05, 0) is 48.9 Å². The number of nitrogens with zero attached hydrogens (tertiary/aromatic N) is 3. The molecule has 2 N–H and O–H groups in total. The summed E-state index contributed by atoms with van der Waals surface area (Å²) in [6.07, 6.45) is 6.72. The third-order valence-corrected chi connectivity index (χ3v) is 5.05. The van der Waals surface area contributed by atoms with E-state index < -0.39 is 0 Å². The van der Waals surface area contributed by atoms with Crippen molar-refractivity contribution in [2.24, 2.45) is 0 Å². The number of aromatic amines is 1. The Hall–Kier alpha value is -3.09. The van der Waals surface area contributed by atoms with Gasteiger partial charge < -0.3 is 10.1 Å². The first-order chi connectivity index (χ1) is 14.2. The van der Waals surface area contributed by atoms with Crippen molar-refractivity contribution >= 4 is 11.6 Å². The summed E-state index contributed by atoms with van der Waals surface area (Å²) in [6.45, 7) is 1.53. The quantitative estimate of drug-likeness (QED) is 0.428. The van der Waals surface area contributed by atoms with Gasteiger partial charge in [-0.15, -0.1) is 0 Å². The monoisotopic (exact) mass is 407 g/mol. The molecule has 2 aromatic heterocycles. The van der Waals surface area contributed by atoms with Gasteiger partial charge in [-0.25, -0.2) is 4.68 Å². The molecule has 0 aliphatic rings. The Balaban J connectivity index is 1.58. The summed E-state index contributed by atoms with van der Waals surface area (Å²) in [4.78, 5) is 0. The van der Waals surface area contributed by atoms with Gasteiger partial charge in [0.15, 0.2) is 0 Å². The Morgan fingerprint density at radius 1 is 1.14 bits per heavy atom. The fourth-order valence-corrected chi connectivity index (χ4v) is 3.38. The second-order valence-corrected chi connectivity index (χ2v) is 7.07. The van der Waals surface area contributed by atoms with Crippen LogP contribution in [0.5, 0.6) is 5.75 Å². The first-order valence-corrected chi connectivity index (χ1v) is 9.78. The first-order valence-electron chi connectivity index (χ1n) is 9.41. The maximum atomic E-state index is 6.46. The lowest BCUT2D eigenvalue weighted by molar-refractivity contribution is 0.414. The number of halogens is 1. The number of nitrogens with one attached hydrogen (secondary N) is 2. The Morgan fingerprint density at radius 3 is 2.69 bits per heavy atom. The molecule has 0 radical (unpaired) electrons. The van der Waals surface area contributed by atoms with Gasteiger partial charge in [0.05, 0.1) is 29.7 Å². The minimum Gasteiger partial charge on any atom is -0.497 e. The van der Waals surface area contributed by atoms with Crippen LogP contribution >= 0.6 is 11.6 Å². The van der Waals surface area contributed by atoms with E-state index in [1.54, 1.807) is 7.11 Å². The van der Waals surface area contributed by atoms with Crippen molar-refractivity contribution in [3.05, 3.63) is 83.3 Å². The standard InChI is InChI=1S/C22H22ClN5O/c1-29-19-8-6-18(7-9-19)28-15-17(14-24-11-10-16-12-25-26-13-16)22(27-28)20-4-2-3-5-21(20)23/h2-9,12-13,15,24H,10-11,14H2,1H3,(H,25,26). The molecule has 148 valence electrons. The highest BCUT2D eigenvalue weighted by atomic mass is 35.5. The number of ether oxygens (including phenoxy) is 1. The fourth-order valence-electron chi connectivity index (χ4n) is 3.16. The summed E-state index contributed by atoms with van der Waals surface area (Å²) in [6, 6.07) is 15.6. The maximum Gasteiger partial charge on any atom is 0.119 e. The Labute approximate surface area is 174 Å². The van der Waals surface area contributed by atoms with Gasteiger partial charge in [-0.1, -0.05) is 29.8 Å². The topological polar surface area (TPSA) is 67.8 Å². The van der Waals surface area contributed by atoms with Crippen molar-refractivity contribution in [2.75, 3.05) is 13.7 Å². The normalized spacial score (nSPS) is 11.0. The molecule has 0 spiro atoms. The van der Waals surface area contributed by atoms with Crippen LogP contribution in [0.4, 0.5) is 0 Å². The van der Waals surface area contributed by atoms with Gasteiger partial charge in [0, 0.05) is 30.1 Å². The van der Waals surface area contributed by atoms with Crippen LogP contribution in [0.15, 0.2) is 67.1 Å². The summed E-state index contributed by atoms with van der Waals surface area (Å²) >= 11 is 6.46. The third kappa shape index (κ3) is 4.50. The molecule has 0 aliphatic carbocycles. The van der Waals surface area contributed by atoms with E-state index in [0.717, 1.165) is 41.2 Å². The Bertz CT molecular complexity index is 1060. The number of rotatable bonds is 8. The van der Waals surface area contributed by atoms with Crippen molar-refractivity contribution in [3.63, 3.8) is 0 Å². The van der Waals surface area contributed by atoms with Crippen molar-refractivity contribution in [1.29, 1.82) is 0 Å². The molecule has 4 aromatic rings. The molecule has 0 aliphatic heterocycles. The van der Waals surface area contributed by atoms with Crippen LogP contribution in [0, 0.1) is 0 Å². The van der Waals surface area contributed by atoms with E-state index >= 15 is 0 Å². The van der Waals surface area contributed by atoms with Crippen LogP contribution in [0.3, 0.4) is 0 Å². The average molecular weight is 408 g/mol. The number of hydrogen-bond donors (Lipinski definition) is 2. The summed E-state index contributed by atoms with van der Waals surface area (Å²) < 4.78 is 7.13. The molecular weight excluding hydrogens is 386 g/mol. The molecular formula is C22H22ClN5O. The predicted octanol–water partition coefficient (Wildman–Crippen LogP) is 4.26. The fraction of sp³-hybridized carbons (Fsp3) is 0.182. The van der Waals surface area contributed by atoms with E-state index in [9.17, 15) is 0 Å². The van der Waals surface area contributed by atoms with Gasteiger partial charge in [-0.3, -0.25) is 5.10 Å². The number of benzene rings is 2. The van der Waals surface area contributed by atoms with Gasteiger partial charge >= 0.3 is 0 Å². The smallest absolute Gasteiger partial charge is 0.119 e. The van der Waals surface area contributed by atoms with Crippen LogP contribution in [-0.2, 0) is 13.0 Å². The third-order valence-electron chi connectivity index (χ3n) is 4.72. The minimum atomic E-state index is 0.687. The zero-order valence-electron chi connectivity index (χ0n) is 16.1. The van der Waals surface area contributed by atoms with Crippen LogP contribution in [0.25, 0.3) is 16.9 Å². The lowest BCUT2D eigenvalue weighted by atomic mass is 10.1. The predicted molar refractivity (Wildman–Crippen MR) is 115 cm³/mol. The second-order valence-electron chi connectivity index (χ2n) is 6.66. The van der Waals surface area contributed by atoms with Crippen molar-refractivity contribution < 1.29 is 4.74 Å². The van der Waals surface area contributed by atoms with E-state index in [2.05, 4.69) is 15.5 Å². The number of H-pyrrole nitrogens is 1. The molecule has 29 heavy (non-hydrogen) atoms. The zero-order chi connectivity index (χ0) is 20.1. The maximum absolute atomic E-state index is 6.46. The number of aromatic nitrogens is 4.